The topological polar surface area (TPSA) is 76.6 Å². The van der Waals surface area contributed by atoms with Crippen LogP contribution >= 0.6 is 46.4 Å². The molecule has 1 aliphatic carbocycles. The van der Waals surface area contributed by atoms with Crippen LogP contribution in [0, 0.1) is 0 Å². The van der Waals surface area contributed by atoms with E-state index in [1.165, 1.54) is 7.11 Å². The van der Waals surface area contributed by atoms with Gasteiger partial charge >= 0.3 is 11.4 Å². The van der Waals surface area contributed by atoms with Crippen LogP contribution in [0.3, 0.4) is 0 Å². The summed E-state index contributed by atoms with van der Waals surface area (Å²) >= 11 is 26.4. The summed E-state index contributed by atoms with van der Waals surface area (Å²) in [6.45, 7) is 0.285. The van der Waals surface area contributed by atoms with Crippen molar-refractivity contribution in [1.29, 1.82) is 0 Å². The van der Waals surface area contributed by atoms with Gasteiger partial charge in [-0.2, -0.15) is 9.36 Å². The van der Waals surface area contributed by atoms with E-state index in [0.717, 1.165) is 13.9 Å². The van der Waals surface area contributed by atoms with Gasteiger partial charge < -0.3 is 14.2 Å². The molecule has 2 aliphatic heterocycles. The summed E-state index contributed by atoms with van der Waals surface area (Å²) in [7, 11) is 1.51. The van der Waals surface area contributed by atoms with Gasteiger partial charge in [-0.1, -0.05) is 46.4 Å². The summed E-state index contributed by atoms with van der Waals surface area (Å²) in [5, 5.41) is -0.275. The first-order chi connectivity index (χ1) is 13.3. The van der Waals surface area contributed by atoms with Crippen molar-refractivity contribution >= 4 is 46.4 Å². The predicted molar refractivity (Wildman–Crippen MR) is 102 cm³/mol. The first-order valence-corrected chi connectivity index (χ1v) is 9.61. The Labute approximate surface area is 177 Å². The van der Waals surface area contributed by atoms with Crippen LogP contribution in [-0.4, -0.2) is 40.0 Å². The summed E-state index contributed by atoms with van der Waals surface area (Å²) in [5.74, 6) is -1.26. The zero-order valence-corrected chi connectivity index (χ0v) is 17.1. The summed E-state index contributed by atoms with van der Waals surface area (Å²) in [4.78, 5) is 22.7. The molecule has 12 heteroatoms. The number of methoxy groups -OCH3 is 1. The lowest BCUT2D eigenvalue weighted by Gasteiger charge is -2.35. The third-order valence-electron chi connectivity index (χ3n) is 5.20. The molecule has 1 fully saturated rings. The quantitative estimate of drug-likeness (QED) is 0.633. The number of fused-ring (bicyclic) bond motifs is 3. The predicted octanol–water partition coefficient (Wildman–Crippen LogP) is 2.05. The van der Waals surface area contributed by atoms with Gasteiger partial charge in [0.1, 0.15) is 5.75 Å². The van der Waals surface area contributed by atoms with Crippen molar-refractivity contribution in [3.8, 4) is 11.4 Å². The van der Waals surface area contributed by atoms with Crippen molar-refractivity contribution in [1.82, 2.24) is 13.9 Å². The molecule has 3 heterocycles. The Morgan fingerprint density at radius 3 is 1.82 bits per heavy atom. The second-order valence-corrected chi connectivity index (χ2v) is 8.26. The highest BCUT2D eigenvalue weighted by atomic mass is 35.5. The van der Waals surface area contributed by atoms with Crippen LogP contribution in [-0.2, 0) is 19.5 Å². The summed E-state index contributed by atoms with van der Waals surface area (Å²) in [6.07, 6.45) is 0. The van der Waals surface area contributed by atoms with Gasteiger partial charge in [-0.15, -0.1) is 0 Å². The minimum absolute atomic E-state index is 0.137. The molecule has 1 aromatic heterocycles. The number of hydrogen-bond acceptors (Lipinski definition) is 5. The molecule has 0 radical (unpaired) electrons. The number of rotatable bonds is 2. The van der Waals surface area contributed by atoms with Gasteiger partial charge in [-0.25, -0.2) is 14.2 Å². The number of benzene rings is 1. The highest BCUT2D eigenvalue weighted by Gasteiger charge is 2.84. The molecule has 1 saturated heterocycles. The standard InChI is InChI=1S/C16H11Cl4N3O5/c1-26-9-4-2-8(3-5-9)21-12(24)22-14(19)10(17)11(18)15(20,23(22)13(21)25)16(14)27-6-7-28-16/h2-5H,6-7H2,1H3. The second kappa shape index (κ2) is 5.59. The van der Waals surface area contributed by atoms with Crippen molar-refractivity contribution in [3.63, 3.8) is 0 Å². The zero-order valence-electron chi connectivity index (χ0n) is 14.1. The molecule has 3 aliphatic rings. The van der Waals surface area contributed by atoms with Gasteiger partial charge in [0.2, 0.25) is 10.00 Å². The Hall–Kier alpha value is -1.42. The smallest absolute Gasteiger partial charge is 0.354 e. The molecule has 0 saturated carbocycles. The third kappa shape index (κ3) is 1.70. The van der Waals surface area contributed by atoms with Crippen LogP contribution in [0.2, 0.25) is 0 Å². The minimum atomic E-state index is -1.93. The summed E-state index contributed by atoms with van der Waals surface area (Å²) in [6, 6.07) is 6.32. The van der Waals surface area contributed by atoms with E-state index in [9.17, 15) is 9.59 Å². The molecule has 1 aromatic carbocycles. The van der Waals surface area contributed by atoms with Crippen molar-refractivity contribution in [2.75, 3.05) is 20.3 Å². The fourth-order valence-corrected chi connectivity index (χ4v) is 5.80. The highest BCUT2D eigenvalue weighted by Crippen LogP contribution is 2.69. The largest absolute Gasteiger partial charge is 0.497 e. The number of nitrogens with zero attached hydrogens (tertiary/aromatic N) is 3. The fourth-order valence-electron chi connectivity index (χ4n) is 3.99. The lowest BCUT2D eigenvalue weighted by atomic mass is 10.1. The minimum Gasteiger partial charge on any atom is -0.497 e. The van der Waals surface area contributed by atoms with E-state index in [1.807, 2.05) is 0 Å². The van der Waals surface area contributed by atoms with Crippen molar-refractivity contribution in [2.24, 2.45) is 0 Å². The maximum Gasteiger partial charge on any atom is 0.354 e. The van der Waals surface area contributed by atoms with Crippen LogP contribution in [0.4, 0.5) is 0 Å². The van der Waals surface area contributed by atoms with E-state index in [1.54, 1.807) is 24.3 Å². The van der Waals surface area contributed by atoms with Gasteiger partial charge in [0, 0.05) is 0 Å². The summed E-state index contributed by atoms with van der Waals surface area (Å²) in [5.41, 5.74) is -1.25. The Morgan fingerprint density at radius 1 is 0.929 bits per heavy atom. The molecular weight excluding hydrogens is 456 g/mol. The van der Waals surface area contributed by atoms with Gasteiger partial charge in [-0.05, 0) is 24.3 Å². The molecule has 5 rings (SSSR count). The average Bonchev–Trinajstić information content (AvgIpc) is 3.36. The van der Waals surface area contributed by atoms with Gasteiger partial charge in [0.05, 0.1) is 36.1 Å². The summed E-state index contributed by atoms with van der Waals surface area (Å²) < 4.78 is 19.3. The molecule has 2 bridgehead atoms. The molecule has 0 N–H and O–H groups in total. The molecule has 8 nitrogen and oxygen atoms in total. The van der Waals surface area contributed by atoms with E-state index < -0.39 is 27.2 Å². The molecule has 2 aromatic rings. The molecule has 28 heavy (non-hydrogen) atoms. The van der Waals surface area contributed by atoms with E-state index in [-0.39, 0.29) is 23.3 Å². The molecule has 148 valence electrons. The number of hydrogen-bond donors (Lipinski definition) is 0. The average molecular weight is 467 g/mol. The van der Waals surface area contributed by atoms with Crippen LogP contribution in [0.25, 0.3) is 5.69 Å². The van der Waals surface area contributed by atoms with Crippen molar-refractivity contribution < 1.29 is 14.2 Å². The Kier molecular flexibility index (Phi) is 3.71. The highest BCUT2D eigenvalue weighted by molar-refractivity contribution is 6.50. The molecule has 1 spiro atoms. The first kappa shape index (κ1) is 18.6. The van der Waals surface area contributed by atoms with E-state index >= 15 is 0 Å². The number of ether oxygens (including phenoxy) is 3. The van der Waals surface area contributed by atoms with Gasteiger partial charge in [0.15, 0.2) is 0 Å². The molecule has 2 atom stereocenters. The van der Waals surface area contributed by atoms with Crippen LogP contribution in [0.1, 0.15) is 0 Å². The first-order valence-electron chi connectivity index (χ1n) is 8.10. The van der Waals surface area contributed by atoms with E-state index in [4.69, 9.17) is 60.6 Å². The molecule has 2 unspecified atom stereocenters. The maximum atomic E-state index is 13.3. The zero-order chi connectivity index (χ0) is 20.1. The SMILES string of the molecule is COc1ccc(-n2c(=O)n3n(c2=O)C2(Cl)C(Cl)=C(Cl)C3(Cl)C23OCCO3)cc1. The van der Waals surface area contributed by atoms with E-state index in [2.05, 4.69) is 0 Å². The lowest BCUT2D eigenvalue weighted by Crippen LogP contribution is -2.56. The number of aromatic nitrogens is 3. The Balaban J connectivity index is 1.83. The lowest BCUT2D eigenvalue weighted by molar-refractivity contribution is -0.196. The number of halogens is 4. The third-order valence-corrected chi connectivity index (χ3v) is 7.61. The monoisotopic (exact) mass is 465 g/mol. The normalized spacial score (nSPS) is 29.8. The molecular formula is C16H11Cl4N3O5. The second-order valence-electron chi connectivity index (χ2n) is 6.41. The Bertz CT molecular complexity index is 1100. The van der Waals surface area contributed by atoms with Gasteiger partial charge in [0.25, 0.3) is 5.79 Å². The fraction of sp³-hybridized carbons (Fsp3) is 0.375. The van der Waals surface area contributed by atoms with Crippen molar-refractivity contribution in [3.05, 3.63) is 55.3 Å². The van der Waals surface area contributed by atoms with Crippen LogP contribution in [0.5, 0.6) is 5.75 Å². The molecule has 0 amide bonds. The Morgan fingerprint density at radius 2 is 1.39 bits per heavy atom. The van der Waals surface area contributed by atoms with Crippen LogP contribution in [0.15, 0.2) is 43.9 Å². The van der Waals surface area contributed by atoms with Gasteiger partial charge in [-0.3, -0.25) is 0 Å². The number of alkyl halides is 2. The maximum absolute atomic E-state index is 13.3. The van der Waals surface area contributed by atoms with Crippen LogP contribution < -0.4 is 16.1 Å². The van der Waals surface area contributed by atoms with E-state index in [0.29, 0.717) is 11.4 Å². The van der Waals surface area contributed by atoms with Crippen molar-refractivity contribution in [2.45, 2.75) is 15.8 Å².